The van der Waals surface area contributed by atoms with Gasteiger partial charge in [0, 0.05) is 13.1 Å². The number of thiophene rings is 1. The number of nitrogens with one attached hydrogen (secondary N) is 1. The minimum atomic E-state index is -0.881. The summed E-state index contributed by atoms with van der Waals surface area (Å²) in [7, 11) is 1.32. The highest BCUT2D eigenvalue weighted by Gasteiger charge is 2.31. The van der Waals surface area contributed by atoms with E-state index in [0.29, 0.717) is 23.5 Å². The first-order chi connectivity index (χ1) is 11.5. The second kappa shape index (κ2) is 6.48. The Bertz CT molecular complexity index is 816. The van der Waals surface area contributed by atoms with Crippen molar-refractivity contribution >= 4 is 45.1 Å². The minimum Gasteiger partial charge on any atom is -0.481 e. The fraction of sp³-hybridized carbons (Fsp3) is 0.312. The monoisotopic (exact) mass is 348 g/mol. The largest absolute Gasteiger partial charge is 0.481 e. The fourth-order valence-electron chi connectivity index (χ4n) is 2.70. The van der Waals surface area contributed by atoms with Gasteiger partial charge in [-0.3, -0.25) is 4.79 Å². The lowest BCUT2D eigenvalue weighted by molar-refractivity contribution is -0.141. The lowest BCUT2D eigenvalue weighted by Gasteiger charge is -2.17. The van der Waals surface area contributed by atoms with Gasteiger partial charge in [0.25, 0.3) is 0 Å². The number of benzene rings is 1. The SMILES string of the molecule is COC(=O)c1cc2cccc(NC(=O)N3CCC(C(=O)O)C3)c2s1. The number of urea groups is 1. The topological polar surface area (TPSA) is 95.9 Å². The molecule has 1 aliphatic heterocycles. The van der Waals surface area contributed by atoms with Crippen molar-refractivity contribution in [2.24, 2.45) is 5.92 Å². The number of aliphatic carboxylic acids is 1. The fourth-order valence-corrected chi connectivity index (χ4v) is 3.75. The number of esters is 1. The van der Waals surface area contributed by atoms with Crippen LogP contribution < -0.4 is 5.32 Å². The molecule has 126 valence electrons. The van der Waals surface area contributed by atoms with Crippen molar-refractivity contribution in [1.82, 2.24) is 4.90 Å². The average Bonchev–Trinajstić information content (AvgIpc) is 3.21. The summed E-state index contributed by atoms with van der Waals surface area (Å²) in [4.78, 5) is 37.0. The summed E-state index contributed by atoms with van der Waals surface area (Å²) >= 11 is 1.24. The predicted octanol–water partition coefficient (Wildman–Crippen LogP) is 2.63. The number of methoxy groups -OCH3 is 1. The number of fused-ring (bicyclic) bond motifs is 1. The predicted molar refractivity (Wildman–Crippen MR) is 89.5 cm³/mol. The van der Waals surface area contributed by atoms with E-state index in [2.05, 4.69) is 5.32 Å². The Morgan fingerprint density at radius 2 is 2.17 bits per heavy atom. The number of anilines is 1. The molecule has 0 bridgehead atoms. The molecule has 2 aromatic rings. The number of ether oxygens (including phenoxy) is 1. The van der Waals surface area contributed by atoms with Gasteiger partial charge in [0.15, 0.2) is 0 Å². The van der Waals surface area contributed by atoms with Gasteiger partial charge in [-0.25, -0.2) is 9.59 Å². The van der Waals surface area contributed by atoms with Crippen LogP contribution in [0.3, 0.4) is 0 Å². The molecule has 24 heavy (non-hydrogen) atoms. The molecule has 1 saturated heterocycles. The van der Waals surface area contributed by atoms with Crippen molar-refractivity contribution in [2.45, 2.75) is 6.42 Å². The molecule has 1 atom stereocenters. The highest BCUT2D eigenvalue weighted by atomic mass is 32.1. The quantitative estimate of drug-likeness (QED) is 0.831. The van der Waals surface area contributed by atoms with Crippen LogP contribution >= 0.6 is 11.3 Å². The highest BCUT2D eigenvalue weighted by Crippen LogP contribution is 2.32. The first kappa shape index (κ1) is 16.3. The molecular formula is C16H16N2O5S. The van der Waals surface area contributed by atoms with Gasteiger partial charge in [-0.15, -0.1) is 11.3 Å². The van der Waals surface area contributed by atoms with Gasteiger partial charge in [-0.1, -0.05) is 12.1 Å². The molecule has 1 fully saturated rings. The smallest absolute Gasteiger partial charge is 0.348 e. The number of carboxylic acid groups (broad SMARTS) is 1. The highest BCUT2D eigenvalue weighted by molar-refractivity contribution is 7.21. The number of hydrogen-bond acceptors (Lipinski definition) is 5. The Morgan fingerprint density at radius 3 is 2.83 bits per heavy atom. The minimum absolute atomic E-state index is 0.203. The molecule has 1 aromatic heterocycles. The summed E-state index contributed by atoms with van der Waals surface area (Å²) in [6.45, 7) is 0.617. The van der Waals surface area contributed by atoms with Gasteiger partial charge in [0.05, 0.1) is 23.4 Å². The van der Waals surface area contributed by atoms with Gasteiger partial charge in [-0.2, -0.15) is 0 Å². The number of hydrogen-bond donors (Lipinski definition) is 2. The first-order valence-corrected chi connectivity index (χ1v) is 8.21. The molecule has 8 heteroatoms. The van der Waals surface area contributed by atoms with Crippen molar-refractivity contribution in [3.63, 3.8) is 0 Å². The van der Waals surface area contributed by atoms with Crippen molar-refractivity contribution < 1.29 is 24.2 Å². The standard InChI is InChI=1S/C16H16N2O5S/c1-23-15(21)12-7-9-3-2-4-11(13(9)24-12)17-16(22)18-6-5-10(8-18)14(19)20/h2-4,7,10H,5-6,8H2,1H3,(H,17,22)(H,19,20). The average molecular weight is 348 g/mol. The van der Waals surface area contributed by atoms with E-state index in [0.717, 1.165) is 10.1 Å². The maximum Gasteiger partial charge on any atom is 0.348 e. The van der Waals surface area contributed by atoms with Crippen LogP contribution in [0.25, 0.3) is 10.1 Å². The van der Waals surface area contributed by atoms with Gasteiger partial charge in [-0.05, 0) is 23.9 Å². The molecule has 1 unspecified atom stereocenters. The maximum absolute atomic E-state index is 12.4. The summed E-state index contributed by atoms with van der Waals surface area (Å²) in [6.07, 6.45) is 0.457. The zero-order valence-corrected chi connectivity index (χ0v) is 13.8. The molecule has 0 spiro atoms. The lowest BCUT2D eigenvalue weighted by atomic mass is 10.1. The summed E-state index contributed by atoms with van der Waals surface area (Å²) in [6, 6.07) is 6.78. The van der Waals surface area contributed by atoms with E-state index in [-0.39, 0.29) is 12.6 Å². The van der Waals surface area contributed by atoms with E-state index in [1.165, 1.54) is 23.3 Å². The zero-order valence-electron chi connectivity index (χ0n) is 12.9. The summed E-state index contributed by atoms with van der Waals surface area (Å²) < 4.78 is 5.50. The third kappa shape index (κ3) is 3.05. The molecule has 3 rings (SSSR count). The summed E-state index contributed by atoms with van der Waals surface area (Å²) in [5.74, 6) is -1.81. The normalized spacial score (nSPS) is 17.0. The second-order valence-electron chi connectivity index (χ2n) is 5.53. The van der Waals surface area contributed by atoms with Crippen molar-refractivity contribution in [3.8, 4) is 0 Å². The van der Waals surface area contributed by atoms with Gasteiger partial charge in [0.2, 0.25) is 0 Å². The van der Waals surface area contributed by atoms with E-state index in [9.17, 15) is 14.4 Å². The Morgan fingerprint density at radius 1 is 1.38 bits per heavy atom. The van der Waals surface area contributed by atoms with Crippen molar-refractivity contribution in [2.75, 3.05) is 25.5 Å². The van der Waals surface area contributed by atoms with Crippen LogP contribution in [0.4, 0.5) is 10.5 Å². The van der Waals surface area contributed by atoms with Crippen LogP contribution in [-0.2, 0) is 9.53 Å². The number of likely N-dealkylation sites (tertiary alicyclic amines) is 1. The van der Waals surface area contributed by atoms with E-state index in [4.69, 9.17) is 9.84 Å². The molecule has 1 aromatic carbocycles. The van der Waals surface area contributed by atoms with Crippen LogP contribution in [0.2, 0.25) is 0 Å². The third-order valence-corrected chi connectivity index (χ3v) is 5.16. The number of amides is 2. The van der Waals surface area contributed by atoms with Crippen LogP contribution in [0.15, 0.2) is 24.3 Å². The van der Waals surface area contributed by atoms with Crippen LogP contribution in [0, 0.1) is 5.92 Å². The van der Waals surface area contributed by atoms with E-state index in [1.54, 1.807) is 18.2 Å². The first-order valence-electron chi connectivity index (χ1n) is 7.39. The van der Waals surface area contributed by atoms with E-state index in [1.807, 2.05) is 6.07 Å². The van der Waals surface area contributed by atoms with Crippen LogP contribution in [0.1, 0.15) is 16.1 Å². The lowest BCUT2D eigenvalue weighted by Crippen LogP contribution is -2.33. The molecule has 0 saturated carbocycles. The third-order valence-electron chi connectivity index (χ3n) is 4.00. The van der Waals surface area contributed by atoms with Crippen molar-refractivity contribution in [1.29, 1.82) is 0 Å². The van der Waals surface area contributed by atoms with Gasteiger partial charge < -0.3 is 20.1 Å². The summed E-state index contributed by atoms with van der Waals surface area (Å²) in [5, 5.41) is 12.7. The Hall–Kier alpha value is -2.61. The molecule has 0 aliphatic carbocycles. The maximum atomic E-state index is 12.4. The van der Waals surface area contributed by atoms with Crippen LogP contribution in [0.5, 0.6) is 0 Å². The molecule has 2 N–H and O–H groups in total. The van der Waals surface area contributed by atoms with Crippen LogP contribution in [-0.4, -0.2) is 48.2 Å². The number of nitrogens with zero attached hydrogens (tertiary/aromatic N) is 1. The van der Waals surface area contributed by atoms with Crippen molar-refractivity contribution in [3.05, 3.63) is 29.1 Å². The summed E-state index contributed by atoms with van der Waals surface area (Å²) in [5.41, 5.74) is 0.594. The van der Waals surface area contributed by atoms with E-state index < -0.39 is 17.9 Å². The number of carbonyl (C=O) groups excluding carboxylic acids is 2. The Labute approximate surface area is 141 Å². The second-order valence-corrected chi connectivity index (χ2v) is 6.58. The molecular weight excluding hydrogens is 332 g/mol. The van der Waals surface area contributed by atoms with E-state index >= 15 is 0 Å². The number of carbonyl (C=O) groups is 3. The number of carboxylic acids is 1. The Kier molecular flexibility index (Phi) is 4.39. The molecule has 7 nitrogen and oxygen atoms in total. The number of rotatable bonds is 3. The molecule has 1 aliphatic rings. The molecule has 2 heterocycles. The Balaban J connectivity index is 1.80. The molecule has 0 radical (unpaired) electrons. The molecule has 2 amide bonds. The van der Waals surface area contributed by atoms with Gasteiger partial charge in [0.1, 0.15) is 4.88 Å². The van der Waals surface area contributed by atoms with Gasteiger partial charge >= 0.3 is 18.0 Å². The zero-order chi connectivity index (χ0) is 17.3.